The molecule has 1 N–H and O–H groups in total. The number of carbonyl (C=O) groups is 1. The first-order chi connectivity index (χ1) is 6.79. The van der Waals surface area contributed by atoms with Crippen LogP contribution in [0.3, 0.4) is 0 Å². The first kappa shape index (κ1) is 9.02. The molecule has 0 radical (unpaired) electrons. The van der Waals surface area contributed by atoms with Gasteiger partial charge < -0.3 is 0 Å². The van der Waals surface area contributed by atoms with Gasteiger partial charge in [-0.3, -0.25) is 9.57 Å². The standard InChI is InChI=1S/C10H8N2OS/c11-14-7-6-12-10(14)9(13)8-4-2-1-3-5-8/h1-7,11H. The third kappa shape index (κ3) is 1.56. The van der Waals surface area contributed by atoms with Crippen LogP contribution in [0.25, 0.3) is 0 Å². The average molecular weight is 204 g/mol. The Balaban J connectivity index is 2.31. The first-order valence-electron chi connectivity index (χ1n) is 4.07. The topological polar surface area (TPSA) is 53.3 Å². The molecule has 1 heterocycles. The minimum absolute atomic E-state index is 0.145. The average Bonchev–Trinajstić information content (AvgIpc) is 2.65. The van der Waals surface area contributed by atoms with Crippen LogP contribution in [-0.2, 0) is 10.7 Å². The third-order valence-electron chi connectivity index (χ3n) is 1.83. The molecule has 1 unspecified atom stereocenters. The highest BCUT2D eigenvalue weighted by molar-refractivity contribution is 8.06. The molecular formula is C10H8N2OS. The van der Waals surface area contributed by atoms with E-state index in [9.17, 15) is 4.79 Å². The van der Waals surface area contributed by atoms with E-state index in [2.05, 4.69) is 4.99 Å². The molecular weight excluding hydrogens is 196 g/mol. The summed E-state index contributed by atoms with van der Waals surface area (Å²) in [4.78, 5) is 15.7. The maximum Gasteiger partial charge on any atom is 0.219 e. The summed E-state index contributed by atoms with van der Waals surface area (Å²) in [5, 5.41) is 1.95. The normalized spacial score (nSPS) is 19.4. The molecule has 2 rings (SSSR count). The number of benzene rings is 1. The van der Waals surface area contributed by atoms with Crippen LogP contribution in [0.2, 0.25) is 0 Å². The molecule has 0 aliphatic carbocycles. The van der Waals surface area contributed by atoms with E-state index < -0.39 is 10.7 Å². The molecule has 1 aliphatic rings. The molecule has 1 atom stereocenters. The monoisotopic (exact) mass is 204 g/mol. The van der Waals surface area contributed by atoms with Crippen LogP contribution in [-0.4, -0.2) is 10.8 Å². The maximum absolute atomic E-state index is 11.8. The second kappa shape index (κ2) is 3.67. The molecule has 0 saturated heterocycles. The van der Waals surface area contributed by atoms with Crippen LogP contribution in [0, 0.1) is 4.78 Å². The molecule has 0 spiro atoms. The van der Waals surface area contributed by atoms with E-state index in [-0.39, 0.29) is 5.78 Å². The van der Waals surface area contributed by atoms with Gasteiger partial charge in [-0.25, -0.2) is 4.99 Å². The van der Waals surface area contributed by atoms with Crippen LogP contribution in [0.4, 0.5) is 0 Å². The highest BCUT2D eigenvalue weighted by atomic mass is 32.2. The van der Waals surface area contributed by atoms with Crippen LogP contribution in [0.15, 0.2) is 46.9 Å². The summed E-state index contributed by atoms with van der Waals surface area (Å²) in [7, 11) is -0.871. The van der Waals surface area contributed by atoms with E-state index in [4.69, 9.17) is 4.78 Å². The van der Waals surface area contributed by atoms with Crippen molar-refractivity contribution < 1.29 is 4.79 Å². The van der Waals surface area contributed by atoms with Gasteiger partial charge in [-0.15, -0.1) is 0 Å². The summed E-state index contributed by atoms with van der Waals surface area (Å²) >= 11 is 0. The van der Waals surface area contributed by atoms with Crippen molar-refractivity contribution in [2.24, 2.45) is 4.99 Å². The highest BCUT2D eigenvalue weighted by Crippen LogP contribution is 2.09. The number of nitrogens with one attached hydrogen (secondary N) is 1. The molecule has 14 heavy (non-hydrogen) atoms. The lowest BCUT2D eigenvalue weighted by molar-refractivity contribution is 0.106. The van der Waals surface area contributed by atoms with Crippen molar-refractivity contribution in [3.8, 4) is 0 Å². The minimum atomic E-state index is -0.871. The predicted molar refractivity (Wildman–Crippen MR) is 57.4 cm³/mol. The summed E-state index contributed by atoms with van der Waals surface area (Å²) in [6, 6.07) is 8.93. The van der Waals surface area contributed by atoms with Gasteiger partial charge in [-0.05, 0) is 10.7 Å². The Morgan fingerprint density at radius 1 is 1.29 bits per heavy atom. The number of Topliss-reactive ketones (excluding diaryl/α,β-unsaturated/α-hetero) is 1. The van der Waals surface area contributed by atoms with Crippen LogP contribution < -0.4 is 0 Å². The van der Waals surface area contributed by atoms with Gasteiger partial charge in [0.15, 0.2) is 5.04 Å². The Kier molecular flexibility index (Phi) is 2.37. The van der Waals surface area contributed by atoms with Gasteiger partial charge in [0.25, 0.3) is 0 Å². The third-order valence-corrected chi connectivity index (χ3v) is 2.93. The van der Waals surface area contributed by atoms with Gasteiger partial charge in [0.1, 0.15) is 0 Å². The first-order valence-corrected chi connectivity index (χ1v) is 5.36. The number of hydrogen-bond acceptors (Lipinski definition) is 3. The smallest absolute Gasteiger partial charge is 0.219 e. The van der Waals surface area contributed by atoms with Crippen LogP contribution >= 0.6 is 0 Å². The van der Waals surface area contributed by atoms with Crippen molar-refractivity contribution >= 4 is 21.5 Å². The minimum Gasteiger partial charge on any atom is -0.286 e. The molecule has 70 valence electrons. The maximum atomic E-state index is 11.8. The van der Waals surface area contributed by atoms with Gasteiger partial charge in [0.2, 0.25) is 5.78 Å². The number of aliphatic imine (C=N–C) groups is 1. The molecule has 0 fully saturated rings. The quantitative estimate of drug-likeness (QED) is 0.737. The van der Waals surface area contributed by atoms with Crippen molar-refractivity contribution in [3.63, 3.8) is 0 Å². The summed E-state index contributed by atoms with van der Waals surface area (Å²) in [6.07, 6.45) is 1.52. The van der Waals surface area contributed by atoms with E-state index in [1.165, 1.54) is 6.20 Å². The fraction of sp³-hybridized carbons (Fsp3) is 0. The molecule has 1 aromatic rings. The second-order valence-electron chi connectivity index (χ2n) is 2.75. The molecule has 1 aliphatic heterocycles. The van der Waals surface area contributed by atoms with Gasteiger partial charge in [0, 0.05) is 17.2 Å². The molecule has 0 aromatic heterocycles. The van der Waals surface area contributed by atoms with Gasteiger partial charge in [-0.1, -0.05) is 30.3 Å². The van der Waals surface area contributed by atoms with E-state index in [1.807, 2.05) is 6.07 Å². The lowest BCUT2D eigenvalue weighted by Gasteiger charge is -1.99. The number of ketones is 1. The van der Waals surface area contributed by atoms with Gasteiger partial charge in [0.05, 0.1) is 0 Å². The van der Waals surface area contributed by atoms with E-state index >= 15 is 0 Å². The number of rotatable bonds is 2. The van der Waals surface area contributed by atoms with Crippen molar-refractivity contribution in [1.82, 2.24) is 0 Å². The number of hydrogen-bond donors (Lipinski definition) is 1. The fourth-order valence-electron chi connectivity index (χ4n) is 1.15. The van der Waals surface area contributed by atoms with Gasteiger partial charge >= 0.3 is 0 Å². The molecule has 1 aromatic carbocycles. The summed E-state index contributed by atoms with van der Waals surface area (Å²) in [5.41, 5.74) is 0.597. The fourth-order valence-corrected chi connectivity index (χ4v) is 1.96. The molecule has 4 heteroatoms. The molecule has 0 amide bonds. The number of nitrogens with zero attached hydrogens (tertiary/aromatic N) is 1. The zero-order chi connectivity index (χ0) is 9.97. The largest absolute Gasteiger partial charge is 0.286 e. The Morgan fingerprint density at radius 2 is 2.00 bits per heavy atom. The van der Waals surface area contributed by atoms with E-state index in [0.717, 1.165) is 0 Å². The second-order valence-corrected chi connectivity index (χ2v) is 4.09. The van der Waals surface area contributed by atoms with Crippen molar-refractivity contribution in [2.45, 2.75) is 0 Å². The van der Waals surface area contributed by atoms with Crippen molar-refractivity contribution in [1.29, 1.82) is 4.78 Å². The Bertz CT molecular complexity index is 448. The van der Waals surface area contributed by atoms with Crippen LogP contribution in [0.1, 0.15) is 10.4 Å². The summed E-state index contributed by atoms with van der Waals surface area (Å²) in [6.45, 7) is 0. The van der Waals surface area contributed by atoms with Crippen molar-refractivity contribution in [2.75, 3.05) is 0 Å². The molecule has 0 bridgehead atoms. The highest BCUT2D eigenvalue weighted by Gasteiger charge is 2.18. The lowest BCUT2D eigenvalue weighted by atomic mass is 10.1. The van der Waals surface area contributed by atoms with Crippen molar-refractivity contribution in [3.05, 3.63) is 47.5 Å². The van der Waals surface area contributed by atoms with Crippen LogP contribution in [0.5, 0.6) is 0 Å². The van der Waals surface area contributed by atoms with Gasteiger partial charge in [-0.2, -0.15) is 0 Å². The Morgan fingerprint density at radius 3 is 2.57 bits per heavy atom. The molecule has 0 saturated carbocycles. The number of carbonyl (C=O) groups excluding carboxylic acids is 1. The molecule has 3 nitrogen and oxygen atoms in total. The lowest BCUT2D eigenvalue weighted by Crippen LogP contribution is -2.15. The predicted octanol–water partition coefficient (Wildman–Crippen LogP) is 2.13. The summed E-state index contributed by atoms with van der Waals surface area (Å²) in [5.74, 6) is -0.145. The van der Waals surface area contributed by atoms with E-state index in [1.54, 1.807) is 29.7 Å². The Hall–Kier alpha value is -1.55. The Labute approximate surface area is 84.1 Å². The SMILES string of the molecule is N=S1C=CN=C1C(=O)c1ccccc1. The van der Waals surface area contributed by atoms with E-state index in [0.29, 0.717) is 10.6 Å². The zero-order valence-electron chi connectivity index (χ0n) is 7.31. The zero-order valence-corrected chi connectivity index (χ0v) is 8.12. The summed E-state index contributed by atoms with van der Waals surface area (Å²) < 4.78 is 7.56.